The highest BCUT2D eigenvalue weighted by Gasteiger charge is 2.07. The minimum absolute atomic E-state index is 0.0821. The highest BCUT2D eigenvalue weighted by molar-refractivity contribution is 9.10. The molecule has 19 heavy (non-hydrogen) atoms. The van der Waals surface area contributed by atoms with E-state index in [0.717, 1.165) is 24.0 Å². The number of halogens is 1. The zero-order valence-electron chi connectivity index (χ0n) is 10.7. The summed E-state index contributed by atoms with van der Waals surface area (Å²) in [7, 11) is 0. The number of nitrogens with zero attached hydrogens (tertiary/aromatic N) is 4. The van der Waals surface area contributed by atoms with Crippen molar-refractivity contribution in [1.29, 1.82) is 0 Å². The number of hydrogen-bond donors (Lipinski definition) is 1. The molecule has 2 heterocycles. The summed E-state index contributed by atoms with van der Waals surface area (Å²) in [5.74, 6) is -0.0821. The van der Waals surface area contributed by atoms with Gasteiger partial charge in [0.25, 0.3) is 5.91 Å². The number of amides is 1. The maximum Gasteiger partial charge on any atom is 0.254 e. The fourth-order valence-corrected chi connectivity index (χ4v) is 1.99. The Bertz CT molecular complexity index is 548. The topological polar surface area (TPSA) is 64.7 Å². The Morgan fingerprint density at radius 2 is 2.11 bits per heavy atom. The highest BCUT2D eigenvalue weighted by atomic mass is 79.9. The van der Waals surface area contributed by atoms with E-state index in [9.17, 15) is 4.79 Å². The van der Waals surface area contributed by atoms with Crippen molar-refractivity contribution in [2.75, 3.05) is 6.54 Å². The first-order valence-corrected chi connectivity index (χ1v) is 6.97. The molecular formula is C12H16BrN5O. The number of nitrogens with one attached hydrogen (secondary N) is 1. The van der Waals surface area contributed by atoms with Crippen LogP contribution in [0.4, 0.5) is 0 Å². The number of hydrogen-bond acceptors (Lipinski definition) is 3. The number of carbonyl (C=O) groups excluding carboxylic acids is 1. The SMILES string of the molecule is CCn1cc(C(=O)NCCCn2cc(Br)cn2)cn1. The first-order chi connectivity index (χ1) is 9.19. The van der Waals surface area contributed by atoms with Gasteiger partial charge >= 0.3 is 0 Å². The van der Waals surface area contributed by atoms with Gasteiger partial charge in [-0.3, -0.25) is 14.2 Å². The summed E-state index contributed by atoms with van der Waals surface area (Å²) in [5, 5.41) is 11.1. The van der Waals surface area contributed by atoms with Crippen molar-refractivity contribution in [3.05, 3.63) is 34.8 Å². The van der Waals surface area contributed by atoms with Crippen molar-refractivity contribution in [2.24, 2.45) is 0 Å². The van der Waals surface area contributed by atoms with Gasteiger partial charge in [0.15, 0.2) is 0 Å². The quantitative estimate of drug-likeness (QED) is 0.822. The Hall–Kier alpha value is -1.63. The van der Waals surface area contributed by atoms with Crippen LogP contribution in [0.3, 0.4) is 0 Å². The lowest BCUT2D eigenvalue weighted by Crippen LogP contribution is -2.25. The number of aromatic nitrogens is 4. The van der Waals surface area contributed by atoms with Crippen molar-refractivity contribution in [1.82, 2.24) is 24.9 Å². The largest absolute Gasteiger partial charge is 0.352 e. The molecule has 0 unspecified atom stereocenters. The molecule has 0 bridgehead atoms. The molecule has 2 rings (SSSR count). The van der Waals surface area contributed by atoms with Crippen LogP contribution in [-0.2, 0) is 13.1 Å². The molecule has 0 saturated heterocycles. The minimum Gasteiger partial charge on any atom is -0.352 e. The molecule has 0 atom stereocenters. The van der Waals surface area contributed by atoms with Crippen LogP contribution in [0, 0.1) is 0 Å². The van der Waals surface area contributed by atoms with Gasteiger partial charge in [0.05, 0.1) is 22.4 Å². The average Bonchev–Trinajstić information content (AvgIpc) is 3.03. The predicted octanol–water partition coefficient (Wildman–Crippen LogP) is 1.68. The van der Waals surface area contributed by atoms with E-state index in [0.29, 0.717) is 12.1 Å². The zero-order valence-corrected chi connectivity index (χ0v) is 12.3. The molecule has 1 N–H and O–H groups in total. The highest BCUT2D eigenvalue weighted by Crippen LogP contribution is 2.06. The second kappa shape index (κ2) is 6.51. The summed E-state index contributed by atoms with van der Waals surface area (Å²) in [6, 6.07) is 0. The average molecular weight is 326 g/mol. The molecule has 0 saturated carbocycles. The van der Waals surface area contributed by atoms with Crippen molar-refractivity contribution in [2.45, 2.75) is 26.4 Å². The second-order valence-corrected chi connectivity index (χ2v) is 5.03. The predicted molar refractivity (Wildman–Crippen MR) is 74.8 cm³/mol. The van der Waals surface area contributed by atoms with Crippen molar-refractivity contribution in [3.63, 3.8) is 0 Å². The zero-order chi connectivity index (χ0) is 13.7. The van der Waals surface area contributed by atoms with Gasteiger partial charge < -0.3 is 5.32 Å². The van der Waals surface area contributed by atoms with E-state index >= 15 is 0 Å². The maximum atomic E-state index is 11.8. The molecular weight excluding hydrogens is 310 g/mol. The Morgan fingerprint density at radius 3 is 2.74 bits per heavy atom. The summed E-state index contributed by atoms with van der Waals surface area (Å²) in [4.78, 5) is 11.8. The number of rotatable bonds is 6. The van der Waals surface area contributed by atoms with E-state index < -0.39 is 0 Å². The van der Waals surface area contributed by atoms with E-state index in [2.05, 4.69) is 31.4 Å². The fourth-order valence-electron chi connectivity index (χ4n) is 1.66. The standard InChI is InChI=1S/C12H16BrN5O/c1-2-17-8-10(6-15-17)12(19)14-4-3-5-18-9-11(13)7-16-18/h6-9H,2-5H2,1H3,(H,14,19). The Morgan fingerprint density at radius 1 is 1.32 bits per heavy atom. The Balaban J connectivity index is 1.72. The summed E-state index contributed by atoms with van der Waals surface area (Å²) in [6.45, 7) is 4.14. The van der Waals surface area contributed by atoms with E-state index in [1.54, 1.807) is 23.3 Å². The molecule has 0 fully saturated rings. The van der Waals surface area contributed by atoms with Gasteiger partial charge in [0, 0.05) is 32.0 Å². The number of aryl methyl sites for hydroxylation is 2. The summed E-state index contributed by atoms with van der Waals surface area (Å²) in [5.41, 5.74) is 0.601. The van der Waals surface area contributed by atoms with Gasteiger partial charge in [-0.15, -0.1) is 0 Å². The molecule has 0 aliphatic rings. The third-order valence-electron chi connectivity index (χ3n) is 2.67. The third-order valence-corrected chi connectivity index (χ3v) is 3.08. The van der Waals surface area contributed by atoms with Crippen molar-refractivity contribution < 1.29 is 4.79 Å². The first kappa shape index (κ1) is 13.8. The van der Waals surface area contributed by atoms with Crippen LogP contribution in [0.2, 0.25) is 0 Å². The molecule has 2 aromatic rings. The molecule has 0 spiro atoms. The van der Waals surface area contributed by atoms with Gasteiger partial charge in [0.1, 0.15) is 0 Å². The van der Waals surface area contributed by atoms with Crippen LogP contribution in [0.15, 0.2) is 29.3 Å². The van der Waals surface area contributed by atoms with Crippen LogP contribution in [0.1, 0.15) is 23.7 Å². The summed E-state index contributed by atoms with van der Waals surface area (Å²) < 4.78 is 4.53. The lowest BCUT2D eigenvalue weighted by molar-refractivity contribution is 0.0952. The Kier molecular flexibility index (Phi) is 4.73. The molecule has 0 aromatic carbocycles. The van der Waals surface area contributed by atoms with Crippen molar-refractivity contribution >= 4 is 21.8 Å². The van der Waals surface area contributed by atoms with Gasteiger partial charge in [-0.25, -0.2) is 0 Å². The smallest absolute Gasteiger partial charge is 0.254 e. The number of carbonyl (C=O) groups is 1. The lowest BCUT2D eigenvalue weighted by Gasteiger charge is -2.03. The molecule has 2 aromatic heterocycles. The monoisotopic (exact) mass is 325 g/mol. The summed E-state index contributed by atoms with van der Waals surface area (Å²) in [6.07, 6.45) is 7.83. The second-order valence-electron chi connectivity index (χ2n) is 4.12. The molecule has 0 aliphatic carbocycles. The van der Waals surface area contributed by atoms with Gasteiger partial charge in [-0.05, 0) is 29.3 Å². The normalized spacial score (nSPS) is 10.6. The van der Waals surface area contributed by atoms with Crippen LogP contribution < -0.4 is 5.32 Å². The van der Waals surface area contributed by atoms with Crippen molar-refractivity contribution in [3.8, 4) is 0 Å². The first-order valence-electron chi connectivity index (χ1n) is 6.17. The Labute approximate surface area is 119 Å². The van der Waals surface area contributed by atoms with E-state index in [-0.39, 0.29) is 5.91 Å². The fraction of sp³-hybridized carbons (Fsp3) is 0.417. The molecule has 6 nitrogen and oxygen atoms in total. The van der Waals surface area contributed by atoms with Crippen LogP contribution >= 0.6 is 15.9 Å². The van der Waals surface area contributed by atoms with E-state index in [4.69, 9.17) is 0 Å². The van der Waals surface area contributed by atoms with Gasteiger partial charge in [-0.1, -0.05) is 0 Å². The van der Waals surface area contributed by atoms with Gasteiger partial charge in [-0.2, -0.15) is 10.2 Å². The van der Waals surface area contributed by atoms with Crippen LogP contribution in [0.5, 0.6) is 0 Å². The molecule has 102 valence electrons. The molecule has 0 aliphatic heterocycles. The minimum atomic E-state index is -0.0821. The maximum absolute atomic E-state index is 11.8. The molecule has 7 heteroatoms. The third kappa shape index (κ3) is 3.92. The molecule has 0 radical (unpaired) electrons. The van der Waals surface area contributed by atoms with Crippen LogP contribution in [0.25, 0.3) is 0 Å². The van der Waals surface area contributed by atoms with E-state index in [1.165, 1.54) is 0 Å². The van der Waals surface area contributed by atoms with E-state index in [1.807, 2.05) is 17.8 Å². The van der Waals surface area contributed by atoms with Gasteiger partial charge in [0.2, 0.25) is 0 Å². The molecule has 1 amide bonds. The van der Waals surface area contributed by atoms with Crippen LogP contribution in [-0.4, -0.2) is 32.0 Å². The lowest BCUT2D eigenvalue weighted by atomic mass is 10.3. The summed E-state index contributed by atoms with van der Waals surface area (Å²) >= 11 is 3.34.